The van der Waals surface area contributed by atoms with E-state index in [0.717, 1.165) is 36.9 Å². The van der Waals surface area contributed by atoms with E-state index in [1.807, 2.05) is 20.0 Å². The van der Waals surface area contributed by atoms with Crippen LogP contribution >= 0.6 is 15.9 Å². The van der Waals surface area contributed by atoms with Crippen molar-refractivity contribution in [1.82, 2.24) is 0 Å². The standard InChI is InChI=1S/C28H40BBrO4S/c1-3-5-7-9-11-13-15-33-25-17-21-22-18-26(34-16-14-12-10-8-6-4-2)24(30)20-28(22)35(31,32)27(21)19-23(25)29/h17-20H,3-16,29H2,1-2H3. The second kappa shape index (κ2) is 13.7. The number of hydrogen-bond donors (Lipinski definition) is 0. The van der Waals surface area contributed by atoms with Gasteiger partial charge >= 0.3 is 0 Å². The maximum atomic E-state index is 13.3. The van der Waals surface area contributed by atoms with Crippen LogP contribution in [0, 0.1) is 0 Å². The Kier molecular flexibility index (Phi) is 11.0. The summed E-state index contributed by atoms with van der Waals surface area (Å²) in [6.07, 6.45) is 14.4. The normalized spacial score (nSPS) is 13.5. The summed E-state index contributed by atoms with van der Waals surface area (Å²) in [5.41, 5.74) is 2.26. The lowest BCUT2D eigenvalue weighted by molar-refractivity contribution is 0.302. The van der Waals surface area contributed by atoms with E-state index in [9.17, 15) is 8.42 Å². The highest BCUT2D eigenvalue weighted by Gasteiger charge is 2.35. The van der Waals surface area contributed by atoms with Crippen LogP contribution in [0.5, 0.6) is 11.5 Å². The minimum Gasteiger partial charge on any atom is -0.494 e. The minimum absolute atomic E-state index is 0.332. The quantitative estimate of drug-likeness (QED) is 0.139. The van der Waals surface area contributed by atoms with Gasteiger partial charge in [0.2, 0.25) is 9.84 Å². The highest BCUT2D eigenvalue weighted by Crippen LogP contribution is 2.47. The number of rotatable bonds is 16. The molecule has 0 saturated heterocycles. The third-order valence-electron chi connectivity index (χ3n) is 6.69. The number of halogens is 1. The summed E-state index contributed by atoms with van der Waals surface area (Å²) in [7, 11) is -1.64. The van der Waals surface area contributed by atoms with Crippen LogP contribution in [-0.4, -0.2) is 29.5 Å². The van der Waals surface area contributed by atoms with Crippen molar-refractivity contribution in [3.05, 3.63) is 28.7 Å². The molecule has 3 rings (SSSR count). The average Bonchev–Trinajstić information content (AvgIpc) is 3.03. The van der Waals surface area contributed by atoms with E-state index in [1.165, 1.54) is 51.4 Å². The Bertz CT molecular complexity index is 1010. The molecule has 4 nitrogen and oxygen atoms in total. The minimum atomic E-state index is -3.56. The fourth-order valence-electron chi connectivity index (χ4n) is 4.58. The highest BCUT2D eigenvalue weighted by atomic mass is 79.9. The van der Waals surface area contributed by atoms with Gasteiger partial charge in [0.05, 0.1) is 27.5 Å². The van der Waals surface area contributed by atoms with Crippen LogP contribution in [0.3, 0.4) is 0 Å². The van der Waals surface area contributed by atoms with Crippen LogP contribution in [0.15, 0.2) is 38.5 Å². The number of unbranched alkanes of at least 4 members (excludes halogenated alkanes) is 10. The summed E-state index contributed by atoms with van der Waals surface area (Å²) in [6.45, 7) is 5.72. The van der Waals surface area contributed by atoms with Crippen LogP contribution in [0.25, 0.3) is 11.1 Å². The van der Waals surface area contributed by atoms with Gasteiger partial charge in [-0.1, -0.05) is 78.1 Å². The zero-order valence-electron chi connectivity index (χ0n) is 21.6. The second-order valence-corrected chi connectivity index (χ2v) is 12.4. The Morgan fingerprint density at radius 2 is 1.14 bits per heavy atom. The molecule has 0 N–H and O–H groups in total. The van der Waals surface area contributed by atoms with Gasteiger partial charge in [0.15, 0.2) is 0 Å². The predicted octanol–water partition coefficient (Wildman–Crippen LogP) is 7.00. The second-order valence-electron chi connectivity index (χ2n) is 9.63. The van der Waals surface area contributed by atoms with Crippen LogP contribution in [-0.2, 0) is 9.84 Å². The lowest BCUT2D eigenvalue weighted by Gasteiger charge is -2.12. The number of fused-ring (bicyclic) bond motifs is 3. The summed E-state index contributed by atoms with van der Waals surface area (Å²) in [5.74, 6) is 1.45. The number of sulfone groups is 1. The number of benzene rings is 2. The van der Waals surface area contributed by atoms with Gasteiger partial charge in [-0.2, -0.15) is 0 Å². The van der Waals surface area contributed by atoms with E-state index >= 15 is 0 Å². The van der Waals surface area contributed by atoms with Crippen molar-refractivity contribution >= 4 is 39.1 Å². The molecule has 0 radical (unpaired) electrons. The van der Waals surface area contributed by atoms with Crippen molar-refractivity contribution < 1.29 is 17.9 Å². The molecule has 0 aromatic heterocycles. The Morgan fingerprint density at radius 3 is 1.71 bits per heavy atom. The molecule has 0 bridgehead atoms. The first-order chi connectivity index (χ1) is 16.9. The van der Waals surface area contributed by atoms with Gasteiger partial charge in [-0.3, -0.25) is 0 Å². The Balaban J connectivity index is 1.70. The van der Waals surface area contributed by atoms with Gasteiger partial charge < -0.3 is 9.47 Å². The molecule has 0 amide bonds. The third-order valence-corrected chi connectivity index (χ3v) is 9.14. The molecule has 2 aromatic rings. The first-order valence-corrected chi connectivity index (χ1v) is 15.7. The van der Waals surface area contributed by atoms with Gasteiger partial charge in [0, 0.05) is 11.1 Å². The van der Waals surface area contributed by atoms with Gasteiger partial charge in [0.25, 0.3) is 0 Å². The zero-order valence-corrected chi connectivity index (χ0v) is 24.0. The van der Waals surface area contributed by atoms with E-state index in [1.54, 1.807) is 12.1 Å². The summed E-state index contributed by atoms with van der Waals surface area (Å²) < 4.78 is 39.4. The molecule has 35 heavy (non-hydrogen) atoms. The van der Waals surface area contributed by atoms with Crippen molar-refractivity contribution in [2.45, 2.75) is 101 Å². The molecule has 0 aliphatic carbocycles. The fraction of sp³-hybridized carbons (Fsp3) is 0.571. The van der Waals surface area contributed by atoms with Crippen molar-refractivity contribution in [2.75, 3.05) is 13.2 Å². The smallest absolute Gasteiger partial charge is 0.207 e. The van der Waals surface area contributed by atoms with Crippen molar-refractivity contribution in [1.29, 1.82) is 0 Å². The predicted molar refractivity (Wildman–Crippen MR) is 151 cm³/mol. The molecule has 0 atom stereocenters. The first kappa shape index (κ1) is 28.1. The molecule has 7 heteroatoms. The summed E-state index contributed by atoms with van der Waals surface area (Å²) >= 11 is 3.53. The van der Waals surface area contributed by atoms with E-state index in [4.69, 9.17) is 9.47 Å². The average molecular weight is 563 g/mol. The Morgan fingerprint density at radius 1 is 0.686 bits per heavy atom. The molecule has 1 heterocycles. The molecule has 2 aromatic carbocycles. The van der Waals surface area contributed by atoms with Crippen molar-refractivity contribution in [2.24, 2.45) is 0 Å². The maximum absolute atomic E-state index is 13.3. The van der Waals surface area contributed by atoms with Gasteiger partial charge in [0.1, 0.15) is 19.3 Å². The van der Waals surface area contributed by atoms with Gasteiger partial charge in [-0.15, -0.1) is 0 Å². The summed E-state index contributed by atoms with van der Waals surface area (Å²) in [6, 6.07) is 7.21. The molecule has 0 saturated carbocycles. The molecule has 1 aliphatic rings. The number of hydrogen-bond acceptors (Lipinski definition) is 4. The first-order valence-electron chi connectivity index (χ1n) is 13.4. The lowest BCUT2D eigenvalue weighted by Crippen LogP contribution is -2.12. The lowest BCUT2D eigenvalue weighted by atomic mass is 9.92. The molecule has 0 unspecified atom stereocenters. The number of ether oxygens (including phenoxy) is 2. The summed E-state index contributed by atoms with van der Waals surface area (Å²) in [5, 5.41) is 0. The molecular formula is C28H40BBrO4S. The summed E-state index contributed by atoms with van der Waals surface area (Å²) in [4.78, 5) is 0.690. The van der Waals surface area contributed by atoms with Gasteiger partial charge in [-0.05, 0) is 58.5 Å². The van der Waals surface area contributed by atoms with E-state index in [-0.39, 0.29) is 0 Å². The highest BCUT2D eigenvalue weighted by molar-refractivity contribution is 9.10. The third kappa shape index (κ3) is 7.28. The van der Waals surface area contributed by atoms with Crippen LogP contribution in [0.4, 0.5) is 0 Å². The van der Waals surface area contributed by atoms with Crippen LogP contribution in [0.2, 0.25) is 0 Å². The largest absolute Gasteiger partial charge is 0.494 e. The van der Waals surface area contributed by atoms with E-state index < -0.39 is 9.84 Å². The van der Waals surface area contributed by atoms with Crippen LogP contribution < -0.4 is 14.9 Å². The van der Waals surface area contributed by atoms with Gasteiger partial charge in [-0.25, -0.2) is 8.42 Å². The van der Waals surface area contributed by atoms with Crippen molar-refractivity contribution in [3.63, 3.8) is 0 Å². The Labute approximate surface area is 221 Å². The zero-order chi connectivity index (χ0) is 25.3. The van der Waals surface area contributed by atoms with E-state index in [2.05, 4.69) is 29.8 Å². The fourth-order valence-corrected chi connectivity index (χ4v) is 6.94. The Hall–Kier alpha value is -1.47. The molecule has 1 aliphatic heterocycles. The molecule has 192 valence electrons. The monoisotopic (exact) mass is 562 g/mol. The van der Waals surface area contributed by atoms with E-state index in [0.29, 0.717) is 44.4 Å². The van der Waals surface area contributed by atoms with Crippen LogP contribution in [0.1, 0.15) is 90.9 Å². The van der Waals surface area contributed by atoms with Crippen molar-refractivity contribution in [3.8, 4) is 22.6 Å². The maximum Gasteiger partial charge on any atom is 0.207 e. The SMILES string of the molecule is Bc1cc2c(cc1OCCCCCCCC)-c1cc(OCCCCCCCC)c(Br)cc1S2(=O)=O. The molecule has 0 fully saturated rings. The molecule has 0 spiro atoms. The molecular weight excluding hydrogens is 523 g/mol. The topological polar surface area (TPSA) is 52.6 Å².